The molecule has 6 nitrogen and oxygen atoms in total. The van der Waals surface area contributed by atoms with Gasteiger partial charge in [-0.25, -0.2) is 9.97 Å². The van der Waals surface area contributed by atoms with E-state index in [1.165, 1.54) is 0 Å². The summed E-state index contributed by atoms with van der Waals surface area (Å²) < 4.78 is 0. The number of anilines is 1. The van der Waals surface area contributed by atoms with E-state index < -0.39 is 0 Å². The summed E-state index contributed by atoms with van der Waals surface area (Å²) in [6.07, 6.45) is 7.28. The van der Waals surface area contributed by atoms with Gasteiger partial charge in [-0.3, -0.25) is 4.79 Å². The fourth-order valence-corrected chi connectivity index (χ4v) is 2.38. The molecule has 0 bridgehead atoms. The second-order valence-corrected chi connectivity index (χ2v) is 5.06. The number of amides is 1. The minimum absolute atomic E-state index is 0.0906. The Balaban J connectivity index is 1.70. The molecule has 1 aromatic rings. The molecule has 1 amide bonds. The zero-order valence-corrected chi connectivity index (χ0v) is 11.7. The van der Waals surface area contributed by atoms with Crippen LogP contribution in [0.2, 0.25) is 0 Å². The van der Waals surface area contributed by atoms with Gasteiger partial charge in [-0.15, -0.1) is 0 Å². The predicted octanol–water partition coefficient (Wildman–Crippen LogP) is 0.724. The Morgan fingerprint density at radius 3 is 2.65 bits per heavy atom. The molecule has 110 valence electrons. The van der Waals surface area contributed by atoms with Gasteiger partial charge in [-0.2, -0.15) is 0 Å². The Kier molecular flexibility index (Phi) is 5.73. The number of hydrogen-bond acceptors (Lipinski definition) is 5. The van der Waals surface area contributed by atoms with Gasteiger partial charge in [-0.1, -0.05) is 0 Å². The van der Waals surface area contributed by atoms with E-state index in [2.05, 4.69) is 20.2 Å². The summed E-state index contributed by atoms with van der Waals surface area (Å²) in [4.78, 5) is 22.3. The lowest BCUT2D eigenvalue weighted by Gasteiger charge is -2.32. The van der Waals surface area contributed by atoms with Gasteiger partial charge in [0.1, 0.15) is 0 Å². The van der Waals surface area contributed by atoms with Gasteiger partial charge in [0.25, 0.3) is 0 Å². The molecule has 0 atom stereocenters. The molecule has 2 heterocycles. The van der Waals surface area contributed by atoms with Crippen LogP contribution in [0.4, 0.5) is 5.95 Å². The maximum absolute atomic E-state index is 11.7. The quantitative estimate of drug-likeness (QED) is 0.750. The number of hydrogen-bond donors (Lipinski definition) is 2. The molecular formula is C14H22N4O2. The van der Waals surface area contributed by atoms with Gasteiger partial charge < -0.3 is 15.3 Å². The molecule has 6 heteroatoms. The van der Waals surface area contributed by atoms with Crippen LogP contribution in [0.5, 0.6) is 0 Å². The topological polar surface area (TPSA) is 78.4 Å². The number of nitrogens with one attached hydrogen (secondary N) is 1. The Labute approximate surface area is 119 Å². The summed E-state index contributed by atoms with van der Waals surface area (Å²) in [5.41, 5.74) is 0. The molecule has 1 fully saturated rings. The normalized spacial score (nSPS) is 16.1. The molecule has 1 aliphatic rings. The average molecular weight is 278 g/mol. The van der Waals surface area contributed by atoms with Crippen LogP contribution in [0.1, 0.15) is 32.1 Å². The zero-order chi connectivity index (χ0) is 14.2. The molecule has 0 aliphatic carbocycles. The molecule has 0 radical (unpaired) electrons. The number of aliphatic hydroxyl groups is 1. The summed E-state index contributed by atoms with van der Waals surface area (Å²) in [7, 11) is 0. The molecule has 0 unspecified atom stereocenters. The molecular weight excluding hydrogens is 256 g/mol. The highest BCUT2D eigenvalue weighted by Gasteiger charge is 2.21. The maximum atomic E-state index is 11.7. The van der Waals surface area contributed by atoms with E-state index in [0.717, 1.165) is 38.3 Å². The van der Waals surface area contributed by atoms with E-state index in [4.69, 9.17) is 5.11 Å². The first kappa shape index (κ1) is 14.7. The van der Waals surface area contributed by atoms with Gasteiger partial charge in [-0.05, 0) is 31.7 Å². The summed E-state index contributed by atoms with van der Waals surface area (Å²) >= 11 is 0. The Morgan fingerprint density at radius 1 is 1.30 bits per heavy atom. The number of aliphatic hydroxyl groups excluding tert-OH is 1. The highest BCUT2D eigenvalue weighted by atomic mass is 16.3. The lowest BCUT2D eigenvalue weighted by atomic mass is 10.0. The monoisotopic (exact) mass is 278 g/mol. The van der Waals surface area contributed by atoms with Crippen LogP contribution in [-0.2, 0) is 4.79 Å². The van der Waals surface area contributed by atoms with Crippen LogP contribution in [0.25, 0.3) is 0 Å². The number of nitrogens with zero attached hydrogens (tertiary/aromatic N) is 3. The summed E-state index contributed by atoms with van der Waals surface area (Å²) in [5.74, 6) is 0.855. The number of carbonyl (C=O) groups is 1. The van der Waals surface area contributed by atoms with Gasteiger partial charge >= 0.3 is 0 Å². The van der Waals surface area contributed by atoms with Crippen LogP contribution in [0.3, 0.4) is 0 Å². The Morgan fingerprint density at radius 2 is 2.00 bits per heavy atom. The molecule has 2 N–H and O–H groups in total. The van der Waals surface area contributed by atoms with Crippen LogP contribution >= 0.6 is 0 Å². The second-order valence-electron chi connectivity index (χ2n) is 5.06. The summed E-state index contributed by atoms with van der Waals surface area (Å²) in [6.45, 7) is 1.89. The van der Waals surface area contributed by atoms with Crippen molar-refractivity contribution in [2.45, 2.75) is 38.1 Å². The van der Waals surface area contributed by atoms with Crippen molar-refractivity contribution in [3.8, 4) is 0 Å². The minimum Gasteiger partial charge on any atom is -0.396 e. The number of piperidine rings is 1. The first-order chi connectivity index (χ1) is 9.79. The van der Waals surface area contributed by atoms with Gasteiger partial charge in [0, 0.05) is 44.6 Å². The van der Waals surface area contributed by atoms with E-state index in [1.807, 2.05) is 6.07 Å². The van der Waals surface area contributed by atoms with Crippen molar-refractivity contribution in [1.29, 1.82) is 0 Å². The first-order valence-electron chi connectivity index (χ1n) is 7.22. The van der Waals surface area contributed by atoms with E-state index >= 15 is 0 Å². The minimum atomic E-state index is 0.0906. The van der Waals surface area contributed by atoms with Crippen molar-refractivity contribution < 1.29 is 9.90 Å². The standard InChI is InChI=1S/C14H22N4O2/c19-11-2-1-4-13(20)17-12-5-9-18(10-6-12)14-15-7-3-8-16-14/h3,7-8,12,19H,1-2,4-6,9-11H2,(H,17,20). The fourth-order valence-electron chi connectivity index (χ4n) is 2.38. The lowest BCUT2D eigenvalue weighted by molar-refractivity contribution is -0.122. The lowest BCUT2D eigenvalue weighted by Crippen LogP contribution is -2.45. The third kappa shape index (κ3) is 4.45. The molecule has 1 aromatic heterocycles. The highest BCUT2D eigenvalue weighted by molar-refractivity contribution is 5.76. The maximum Gasteiger partial charge on any atom is 0.225 e. The number of aromatic nitrogens is 2. The zero-order valence-electron chi connectivity index (χ0n) is 11.7. The van der Waals surface area contributed by atoms with E-state index in [1.54, 1.807) is 12.4 Å². The van der Waals surface area contributed by atoms with Crippen LogP contribution in [-0.4, -0.2) is 46.7 Å². The van der Waals surface area contributed by atoms with Crippen molar-refractivity contribution >= 4 is 11.9 Å². The van der Waals surface area contributed by atoms with Crippen LogP contribution in [0.15, 0.2) is 18.5 Å². The SMILES string of the molecule is O=C(CCCCO)NC1CCN(c2ncccn2)CC1. The Bertz CT molecular complexity index is 405. The van der Waals surface area contributed by atoms with Crippen LogP contribution in [0, 0.1) is 0 Å². The van der Waals surface area contributed by atoms with E-state index in [-0.39, 0.29) is 18.6 Å². The third-order valence-corrected chi connectivity index (χ3v) is 3.51. The fraction of sp³-hybridized carbons (Fsp3) is 0.643. The summed E-state index contributed by atoms with van der Waals surface area (Å²) in [5, 5.41) is 11.8. The van der Waals surface area contributed by atoms with E-state index in [0.29, 0.717) is 12.8 Å². The van der Waals surface area contributed by atoms with Crippen molar-refractivity contribution in [2.24, 2.45) is 0 Å². The van der Waals surface area contributed by atoms with Gasteiger partial charge in [0.15, 0.2) is 0 Å². The van der Waals surface area contributed by atoms with E-state index in [9.17, 15) is 4.79 Å². The van der Waals surface area contributed by atoms with Crippen molar-refractivity contribution in [3.63, 3.8) is 0 Å². The van der Waals surface area contributed by atoms with Crippen LogP contribution < -0.4 is 10.2 Å². The van der Waals surface area contributed by atoms with Crippen molar-refractivity contribution in [3.05, 3.63) is 18.5 Å². The van der Waals surface area contributed by atoms with Crippen molar-refractivity contribution in [2.75, 3.05) is 24.6 Å². The second kappa shape index (κ2) is 7.79. The smallest absolute Gasteiger partial charge is 0.225 e. The molecule has 20 heavy (non-hydrogen) atoms. The predicted molar refractivity (Wildman–Crippen MR) is 76.3 cm³/mol. The molecule has 0 saturated carbocycles. The molecule has 1 aliphatic heterocycles. The number of unbranched alkanes of at least 4 members (excludes halogenated alkanes) is 1. The van der Waals surface area contributed by atoms with Gasteiger partial charge in [0.2, 0.25) is 11.9 Å². The molecule has 1 saturated heterocycles. The van der Waals surface area contributed by atoms with Gasteiger partial charge in [0.05, 0.1) is 0 Å². The molecule has 0 aromatic carbocycles. The number of carbonyl (C=O) groups excluding carboxylic acids is 1. The molecule has 2 rings (SSSR count). The first-order valence-corrected chi connectivity index (χ1v) is 7.22. The average Bonchev–Trinajstić information content (AvgIpc) is 2.49. The summed E-state index contributed by atoms with van der Waals surface area (Å²) in [6, 6.07) is 2.06. The number of rotatable bonds is 6. The Hall–Kier alpha value is -1.69. The van der Waals surface area contributed by atoms with Crippen molar-refractivity contribution in [1.82, 2.24) is 15.3 Å². The highest BCUT2D eigenvalue weighted by Crippen LogP contribution is 2.15. The molecule has 0 spiro atoms. The third-order valence-electron chi connectivity index (χ3n) is 3.51. The largest absolute Gasteiger partial charge is 0.396 e.